The fourth-order valence-electron chi connectivity index (χ4n) is 3.28. The van der Waals surface area contributed by atoms with Gasteiger partial charge in [0.2, 0.25) is 10.0 Å². The molecule has 1 aliphatic heterocycles. The fraction of sp³-hybridized carbons (Fsp3) is 1.00. The van der Waals surface area contributed by atoms with Crippen LogP contribution in [0.4, 0.5) is 0 Å². The van der Waals surface area contributed by atoms with Gasteiger partial charge in [-0.25, -0.2) is 8.42 Å². The topological polar surface area (TPSA) is 69.6 Å². The van der Waals surface area contributed by atoms with E-state index in [0.29, 0.717) is 0 Å². The molecule has 19 heavy (non-hydrogen) atoms. The minimum absolute atomic E-state index is 0.0814. The Morgan fingerprint density at radius 3 is 2.32 bits per heavy atom. The average Bonchev–Trinajstić information content (AvgIpc) is 2.90. The molecule has 2 N–H and O–H groups in total. The zero-order valence-corrected chi connectivity index (χ0v) is 12.4. The second-order valence-electron chi connectivity index (χ2n) is 5.74. The zero-order chi connectivity index (χ0) is 13.7. The van der Waals surface area contributed by atoms with Crippen molar-refractivity contribution in [1.29, 1.82) is 0 Å². The smallest absolute Gasteiger partial charge is 0.214 e. The van der Waals surface area contributed by atoms with E-state index in [1.165, 1.54) is 0 Å². The van der Waals surface area contributed by atoms with Gasteiger partial charge in [0.25, 0.3) is 0 Å². The van der Waals surface area contributed by atoms with E-state index in [1.54, 1.807) is 4.31 Å². The van der Waals surface area contributed by atoms with E-state index in [2.05, 4.69) is 5.32 Å². The molecule has 0 aromatic carbocycles. The lowest BCUT2D eigenvalue weighted by atomic mass is 10.0. The summed E-state index contributed by atoms with van der Waals surface area (Å²) >= 11 is 0. The Balaban J connectivity index is 2.00. The van der Waals surface area contributed by atoms with E-state index >= 15 is 0 Å². The van der Waals surface area contributed by atoms with Gasteiger partial charge >= 0.3 is 0 Å². The van der Waals surface area contributed by atoms with Gasteiger partial charge in [0, 0.05) is 12.6 Å². The average molecular weight is 290 g/mol. The third kappa shape index (κ3) is 4.15. The summed E-state index contributed by atoms with van der Waals surface area (Å²) in [6.45, 7) is 2.02. The Bertz CT molecular complexity index is 360. The number of piperidine rings is 1. The van der Waals surface area contributed by atoms with Crippen molar-refractivity contribution >= 4 is 10.0 Å². The number of hydrogen-bond acceptors (Lipinski definition) is 4. The van der Waals surface area contributed by atoms with Gasteiger partial charge in [-0.15, -0.1) is 0 Å². The van der Waals surface area contributed by atoms with Gasteiger partial charge in [-0.1, -0.05) is 12.8 Å². The monoisotopic (exact) mass is 290 g/mol. The standard InChI is InChI=1S/C13H26N2O3S/c16-10-9-15(13-3-1-2-4-13)19(17,18)11-12-5-7-14-8-6-12/h12-14,16H,1-11H2. The fourth-order valence-corrected chi connectivity index (χ4v) is 5.43. The highest BCUT2D eigenvalue weighted by molar-refractivity contribution is 7.89. The van der Waals surface area contributed by atoms with Crippen LogP contribution in [0.15, 0.2) is 0 Å². The van der Waals surface area contributed by atoms with Crippen molar-refractivity contribution in [1.82, 2.24) is 9.62 Å². The summed E-state index contributed by atoms with van der Waals surface area (Å²) < 4.78 is 26.7. The first-order valence-electron chi connectivity index (χ1n) is 7.44. The lowest BCUT2D eigenvalue weighted by Crippen LogP contribution is -2.44. The van der Waals surface area contributed by atoms with Crippen LogP contribution in [0.1, 0.15) is 38.5 Å². The number of rotatable bonds is 6. The maximum atomic E-state index is 12.6. The van der Waals surface area contributed by atoms with Gasteiger partial charge in [0.05, 0.1) is 12.4 Å². The summed E-state index contributed by atoms with van der Waals surface area (Å²) in [6, 6.07) is 0.124. The summed E-state index contributed by atoms with van der Waals surface area (Å²) in [5, 5.41) is 12.4. The van der Waals surface area contributed by atoms with Crippen LogP contribution in [0.3, 0.4) is 0 Å². The van der Waals surface area contributed by atoms with E-state index in [4.69, 9.17) is 5.11 Å². The molecule has 1 heterocycles. The number of aliphatic hydroxyl groups excluding tert-OH is 1. The summed E-state index contributed by atoms with van der Waals surface area (Å²) in [6.07, 6.45) is 6.00. The maximum Gasteiger partial charge on any atom is 0.214 e. The van der Waals surface area contributed by atoms with Crippen LogP contribution < -0.4 is 5.32 Å². The van der Waals surface area contributed by atoms with Crippen molar-refractivity contribution < 1.29 is 13.5 Å². The Hall–Kier alpha value is -0.170. The molecule has 2 fully saturated rings. The highest BCUT2D eigenvalue weighted by Crippen LogP contribution is 2.27. The minimum atomic E-state index is -3.22. The molecule has 2 rings (SSSR count). The maximum absolute atomic E-state index is 12.6. The second kappa shape index (κ2) is 7.02. The lowest BCUT2D eigenvalue weighted by molar-refractivity contribution is 0.225. The SMILES string of the molecule is O=S(=O)(CC1CCNCC1)N(CCO)C1CCCC1. The summed E-state index contributed by atoms with van der Waals surface area (Å²) in [4.78, 5) is 0. The molecule has 0 amide bonds. The van der Waals surface area contributed by atoms with Crippen molar-refractivity contribution in [3.05, 3.63) is 0 Å². The lowest BCUT2D eigenvalue weighted by Gasteiger charge is -2.30. The van der Waals surface area contributed by atoms with Gasteiger partial charge in [-0.2, -0.15) is 4.31 Å². The van der Waals surface area contributed by atoms with E-state index < -0.39 is 10.0 Å². The first kappa shape index (κ1) is 15.2. The normalized spacial score (nSPS) is 23.3. The highest BCUT2D eigenvalue weighted by atomic mass is 32.2. The van der Waals surface area contributed by atoms with Gasteiger partial charge in [0.15, 0.2) is 0 Å². The Morgan fingerprint density at radius 2 is 1.74 bits per heavy atom. The van der Waals surface area contributed by atoms with Gasteiger partial charge in [0.1, 0.15) is 0 Å². The number of sulfonamides is 1. The van der Waals surface area contributed by atoms with E-state index in [1.807, 2.05) is 0 Å². The largest absolute Gasteiger partial charge is 0.395 e. The Morgan fingerprint density at radius 1 is 1.11 bits per heavy atom. The van der Waals surface area contributed by atoms with E-state index in [0.717, 1.165) is 51.6 Å². The predicted molar refractivity (Wildman–Crippen MR) is 75.4 cm³/mol. The molecule has 0 atom stereocenters. The first-order chi connectivity index (χ1) is 9.13. The van der Waals surface area contributed by atoms with Crippen molar-refractivity contribution in [3.63, 3.8) is 0 Å². The first-order valence-corrected chi connectivity index (χ1v) is 9.05. The third-order valence-electron chi connectivity index (χ3n) is 4.31. The van der Waals surface area contributed by atoms with Crippen molar-refractivity contribution in [2.45, 2.75) is 44.6 Å². The van der Waals surface area contributed by atoms with Crippen LogP contribution >= 0.6 is 0 Å². The molecule has 0 aromatic heterocycles. The molecule has 6 heteroatoms. The van der Waals surface area contributed by atoms with Crippen LogP contribution in [0.2, 0.25) is 0 Å². The predicted octanol–water partition coefficient (Wildman–Crippen LogP) is 0.553. The molecule has 5 nitrogen and oxygen atoms in total. The molecular weight excluding hydrogens is 264 g/mol. The Labute approximate surface area is 116 Å². The van der Waals surface area contributed by atoms with Gasteiger partial charge < -0.3 is 10.4 Å². The molecule has 2 aliphatic rings. The van der Waals surface area contributed by atoms with Crippen molar-refractivity contribution in [2.24, 2.45) is 5.92 Å². The number of aliphatic hydroxyl groups is 1. The van der Waals surface area contributed by atoms with Crippen LogP contribution in [-0.4, -0.2) is 55.9 Å². The van der Waals surface area contributed by atoms with Crippen LogP contribution in [0, 0.1) is 5.92 Å². The molecule has 1 saturated heterocycles. The molecule has 0 unspecified atom stereocenters. The molecule has 112 valence electrons. The Kier molecular flexibility index (Phi) is 5.62. The molecule has 0 radical (unpaired) electrons. The summed E-state index contributed by atoms with van der Waals surface area (Å²) in [5.74, 6) is 0.527. The quantitative estimate of drug-likeness (QED) is 0.750. The van der Waals surface area contributed by atoms with Crippen molar-refractivity contribution in [3.8, 4) is 0 Å². The summed E-state index contributed by atoms with van der Waals surface area (Å²) in [7, 11) is -3.22. The van der Waals surface area contributed by atoms with Gasteiger partial charge in [-0.3, -0.25) is 0 Å². The van der Waals surface area contributed by atoms with Crippen LogP contribution in [0.5, 0.6) is 0 Å². The minimum Gasteiger partial charge on any atom is -0.395 e. The van der Waals surface area contributed by atoms with E-state index in [-0.39, 0.29) is 30.9 Å². The van der Waals surface area contributed by atoms with Crippen LogP contribution in [-0.2, 0) is 10.0 Å². The molecular formula is C13H26N2O3S. The molecule has 1 saturated carbocycles. The van der Waals surface area contributed by atoms with Crippen LogP contribution in [0.25, 0.3) is 0 Å². The molecule has 0 aromatic rings. The number of nitrogens with one attached hydrogen (secondary N) is 1. The summed E-state index contributed by atoms with van der Waals surface area (Å²) in [5.41, 5.74) is 0. The van der Waals surface area contributed by atoms with E-state index in [9.17, 15) is 8.42 Å². The second-order valence-corrected chi connectivity index (χ2v) is 7.71. The van der Waals surface area contributed by atoms with Crippen molar-refractivity contribution in [2.75, 3.05) is 32.0 Å². The highest BCUT2D eigenvalue weighted by Gasteiger charge is 2.33. The third-order valence-corrected chi connectivity index (χ3v) is 6.40. The molecule has 1 aliphatic carbocycles. The molecule has 0 spiro atoms. The van der Waals surface area contributed by atoms with Gasteiger partial charge in [-0.05, 0) is 44.7 Å². The number of hydrogen-bond donors (Lipinski definition) is 2. The zero-order valence-electron chi connectivity index (χ0n) is 11.6. The number of nitrogens with zero attached hydrogens (tertiary/aromatic N) is 1. The molecule has 0 bridgehead atoms.